The first-order valence-electron chi connectivity index (χ1n) is 30.3. The molecule has 1 saturated heterocycles. The van der Waals surface area contributed by atoms with E-state index in [1.165, 1.54) is 218 Å². The van der Waals surface area contributed by atoms with Crippen LogP contribution < -0.4 is 5.32 Å². The van der Waals surface area contributed by atoms with Gasteiger partial charge in [-0.2, -0.15) is 0 Å². The molecule has 0 spiro atoms. The van der Waals surface area contributed by atoms with Crippen LogP contribution >= 0.6 is 0 Å². The third-order valence-corrected chi connectivity index (χ3v) is 14.5. The minimum absolute atomic E-state index is 0.306. The lowest BCUT2D eigenvalue weighted by Gasteiger charge is -2.40. The van der Waals surface area contributed by atoms with Crippen LogP contribution in [0.5, 0.6) is 0 Å². The Bertz CT molecular complexity index is 1230. The Kier molecular flexibility index (Phi) is 48.0. The standard InChI is InChI=1S/C61H115NO9/c1-3-5-7-9-11-13-15-17-19-20-21-22-23-24-25-26-27-28-29-30-31-32-33-34-35-36-38-40-42-44-46-48-50-55(65)60(69)62-53(52-70-61-59(68)58(67)57(66)56(51-63)71-61)54(64)49-47-45-43-41-39-37-18-16-14-12-10-8-6-4-2/h24-25,39,41,47,49,53-59,61,63-68H,3-23,26-38,40,42-46,48,50-52H2,1-2H3,(H,62,69)/b25-24-,41-39+,49-47+. The van der Waals surface area contributed by atoms with Crippen molar-refractivity contribution in [2.75, 3.05) is 13.2 Å². The Morgan fingerprint density at radius 2 is 0.831 bits per heavy atom. The highest BCUT2D eigenvalue weighted by Crippen LogP contribution is 2.23. The molecule has 0 aliphatic carbocycles. The average Bonchev–Trinajstić information content (AvgIpc) is 3.37. The fourth-order valence-electron chi connectivity index (χ4n) is 9.65. The predicted molar refractivity (Wildman–Crippen MR) is 296 cm³/mol. The van der Waals surface area contributed by atoms with Crippen molar-refractivity contribution in [3.8, 4) is 0 Å². The molecule has 0 aromatic rings. The fourth-order valence-corrected chi connectivity index (χ4v) is 9.65. The summed E-state index contributed by atoms with van der Waals surface area (Å²) in [7, 11) is 0. The number of hydrogen-bond acceptors (Lipinski definition) is 9. The maximum absolute atomic E-state index is 13.1. The highest BCUT2D eigenvalue weighted by Gasteiger charge is 2.44. The van der Waals surface area contributed by atoms with Crippen molar-refractivity contribution in [2.45, 2.75) is 332 Å². The largest absolute Gasteiger partial charge is 0.394 e. The van der Waals surface area contributed by atoms with Gasteiger partial charge in [0.15, 0.2) is 6.29 Å². The van der Waals surface area contributed by atoms with E-state index in [0.29, 0.717) is 19.3 Å². The second-order valence-corrected chi connectivity index (χ2v) is 21.3. The molecule has 0 bridgehead atoms. The summed E-state index contributed by atoms with van der Waals surface area (Å²) in [6.07, 6.45) is 55.6. The summed E-state index contributed by atoms with van der Waals surface area (Å²) in [5.41, 5.74) is 0. The molecule has 1 amide bonds. The Morgan fingerprint density at radius 3 is 1.23 bits per heavy atom. The van der Waals surface area contributed by atoms with Gasteiger partial charge in [-0.3, -0.25) is 4.79 Å². The van der Waals surface area contributed by atoms with Gasteiger partial charge in [-0.15, -0.1) is 0 Å². The molecule has 10 heteroatoms. The highest BCUT2D eigenvalue weighted by atomic mass is 16.7. The highest BCUT2D eigenvalue weighted by molar-refractivity contribution is 5.80. The summed E-state index contributed by atoms with van der Waals surface area (Å²) >= 11 is 0. The van der Waals surface area contributed by atoms with Crippen molar-refractivity contribution >= 4 is 5.91 Å². The van der Waals surface area contributed by atoms with Crippen LogP contribution in [0.15, 0.2) is 36.5 Å². The van der Waals surface area contributed by atoms with Crippen LogP contribution in [0.3, 0.4) is 0 Å². The molecule has 1 aliphatic rings. The number of hydrogen-bond donors (Lipinski definition) is 7. The molecule has 0 saturated carbocycles. The first-order chi connectivity index (χ1) is 34.8. The lowest BCUT2D eigenvalue weighted by Crippen LogP contribution is -2.60. The molecule has 8 unspecified atom stereocenters. The monoisotopic (exact) mass is 1010 g/mol. The second-order valence-electron chi connectivity index (χ2n) is 21.3. The van der Waals surface area contributed by atoms with Crippen LogP contribution in [-0.4, -0.2) is 98.7 Å². The number of unbranched alkanes of at least 4 members (excludes halogenated alkanes) is 37. The number of aliphatic hydroxyl groups is 6. The zero-order chi connectivity index (χ0) is 51.7. The lowest BCUT2D eigenvalue weighted by molar-refractivity contribution is -0.302. The molecule has 10 nitrogen and oxygen atoms in total. The summed E-state index contributed by atoms with van der Waals surface area (Å²) in [5.74, 6) is -0.623. The number of carbonyl (C=O) groups excluding carboxylic acids is 1. The van der Waals surface area contributed by atoms with E-state index in [1.54, 1.807) is 6.08 Å². The van der Waals surface area contributed by atoms with Gasteiger partial charge in [-0.05, 0) is 57.8 Å². The fraction of sp³-hybridized carbons (Fsp3) is 0.885. The maximum atomic E-state index is 13.1. The van der Waals surface area contributed by atoms with E-state index in [-0.39, 0.29) is 6.61 Å². The number of amides is 1. The molecule has 1 fully saturated rings. The third-order valence-electron chi connectivity index (χ3n) is 14.5. The quantitative estimate of drug-likeness (QED) is 0.0232. The molecule has 1 heterocycles. The molecule has 7 N–H and O–H groups in total. The van der Waals surface area contributed by atoms with Crippen molar-refractivity contribution in [2.24, 2.45) is 0 Å². The van der Waals surface area contributed by atoms with E-state index in [2.05, 4.69) is 43.5 Å². The van der Waals surface area contributed by atoms with Gasteiger partial charge in [0.1, 0.15) is 30.5 Å². The van der Waals surface area contributed by atoms with Gasteiger partial charge in [0.25, 0.3) is 0 Å². The van der Waals surface area contributed by atoms with Crippen molar-refractivity contribution in [1.29, 1.82) is 0 Å². The minimum atomic E-state index is -1.62. The van der Waals surface area contributed by atoms with Gasteiger partial charge in [-0.25, -0.2) is 0 Å². The molecule has 8 atom stereocenters. The van der Waals surface area contributed by atoms with Crippen molar-refractivity contribution < 1.29 is 44.9 Å². The predicted octanol–water partition coefficient (Wildman–Crippen LogP) is 14.1. The Hall–Kier alpha value is -1.63. The average molecular weight is 1010 g/mol. The molecule has 1 rings (SSSR count). The smallest absolute Gasteiger partial charge is 0.249 e. The minimum Gasteiger partial charge on any atom is -0.394 e. The molecule has 0 radical (unpaired) electrons. The van der Waals surface area contributed by atoms with Gasteiger partial charge in [0.05, 0.1) is 25.4 Å². The van der Waals surface area contributed by atoms with Crippen LogP contribution in [0, 0.1) is 0 Å². The molecule has 0 aromatic heterocycles. The van der Waals surface area contributed by atoms with Gasteiger partial charge in [0, 0.05) is 0 Å². The van der Waals surface area contributed by atoms with Crippen molar-refractivity contribution in [3.05, 3.63) is 36.5 Å². The summed E-state index contributed by atoms with van der Waals surface area (Å²) in [6.45, 7) is 3.61. The summed E-state index contributed by atoms with van der Waals surface area (Å²) in [5, 5.41) is 65.0. The first-order valence-corrected chi connectivity index (χ1v) is 30.3. The Morgan fingerprint density at radius 1 is 0.479 bits per heavy atom. The van der Waals surface area contributed by atoms with E-state index in [1.807, 2.05) is 6.08 Å². The van der Waals surface area contributed by atoms with E-state index < -0.39 is 61.5 Å². The van der Waals surface area contributed by atoms with Crippen molar-refractivity contribution in [1.82, 2.24) is 5.32 Å². The van der Waals surface area contributed by atoms with Crippen LogP contribution in [0.2, 0.25) is 0 Å². The van der Waals surface area contributed by atoms with E-state index in [0.717, 1.165) is 32.1 Å². The summed E-state index contributed by atoms with van der Waals surface area (Å²) in [4.78, 5) is 13.1. The topological polar surface area (TPSA) is 169 Å². The maximum Gasteiger partial charge on any atom is 0.249 e. The zero-order valence-corrected chi connectivity index (χ0v) is 46.1. The van der Waals surface area contributed by atoms with Gasteiger partial charge >= 0.3 is 0 Å². The van der Waals surface area contributed by atoms with Crippen LogP contribution in [-0.2, 0) is 14.3 Å². The van der Waals surface area contributed by atoms with Crippen LogP contribution in [0.4, 0.5) is 0 Å². The molecule has 418 valence electrons. The number of nitrogens with one attached hydrogen (secondary N) is 1. The lowest BCUT2D eigenvalue weighted by atomic mass is 9.99. The van der Waals surface area contributed by atoms with Gasteiger partial charge in [0.2, 0.25) is 5.91 Å². The van der Waals surface area contributed by atoms with E-state index >= 15 is 0 Å². The molecular weight excluding hydrogens is 891 g/mol. The Labute approximate surface area is 436 Å². The number of aliphatic hydroxyl groups excluding tert-OH is 6. The first kappa shape index (κ1) is 67.4. The van der Waals surface area contributed by atoms with Gasteiger partial charge < -0.3 is 45.4 Å². The number of allylic oxidation sites excluding steroid dienone is 5. The molecule has 0 aromatic carbocycles. The number of rotatable bonds is 52. The van der Waals surface area contributed by atoms with E-state index in [4.69, 9.17) is 9.47 Å². The molecule has 71 heavy (non-hydrogen) atoms. The second kappa shape index (κ2) is 50.5. The van der Waals surface area contributed by atoms with E-state index in [9.17, 15) is 35.4 Å². The zero-order valence-electron chi connectivity index (χ0n) is 46.1. The summed E-state index contributed by atoms with van der Waals surface area (Å²) in [6, 6.07) is -0.996. The van der Waals surface area contributed by atoms with Crippen molar-refractivity contribution in [3.63, 3.8) is 0 Å². The normalized spacial score (nSPS) is 19.9. The van der Waals surface area contributed by atoms with Crippen LogP contribution in [0.25, 0.3) is 0 Å². The molecular formula is C61H115NO9. The van der Waals surface area contributed by atoms with Crippen LogP contribution in [0.1, 0.15) is 284 Å². The molecule has 1 aliphatic heterocycles. The van der Waals surface area contributed by atoms with Gasteiger partial charge in [-0.1, -0.05) is 262 Å². The number of ether oxygens (including phenoxy) is 2. The summed E-state index contributed by atoms with van der Waals surface area (Å²) < 4.78 is 11.2. The number of carbonyl (C=O) groups is 1. The Balaban J connectivity index is 2.16. The SMILES string of the molecule is CCCCCCCCCC/C=C/CC/C=C/C(O)C(COC1OC(CO)C(O)C(O)C1O)NC(=O)C(O)CCCCCCCCCCCCCCCCCC/C=C\CCCCCCCCCCCCCC. The third kappa shape index (κ3) is 39.5.